The molecule has 2 heteroatoms. The van der Waals surface area contributed by atoms with Gasteiger partial charge in [0.25, 0.3) is 0 Å². The Kier molecular flexibility index (Phi) is 5.07. The molecule has 0 spiro atoms. The largest absolute Gasteiger partial charge is 0.396 e. The van der Waals surface area contributed by atoms with Gasteiger partial charge in [0, 0.05) is 24.6 Å². The third-order valence-electron chi connectivity index (χ3n) is 4.07. The van der Waals surface area contributed by atoms with Gasteiger partial charge < -0.3 is 10.0 Å². The molecule has 0 aromatic rings. The Bertz CT molecular complexity index is 171. The molecule has 0 saturated heterocycles. The highest BCUT2D eigenvalue weighted by atomic mass is 16.3. The molecule has 1 saturated carbocycles. The minimum atomic E-state index is 0.0958. The Labute approximate surface area is 94.7 Å². The molecular formula is C13H27NO. The summed E-state index contributed by atoms with van der Waals surface area (Å²) < 4.78 is 0. The van der Waals surface area contributed by atoms with E-state index in [9.17, 15) is 5.11 Å². The molecule has 0 radical (unpaired) electrons. The summed E-state index contributed by atoms with van der Waals surface area (Å²) in [6.07, 6.45) is 6.57. The van der Waals surface area contributed by atoms with E-state index < -0.39 is 0 Å². The van der Waals surface area contributed by atoms with Crippen LogP contribution in [0.5, 0.6) is 0 Å². The number of rotatable bonds is 6. The lowest BCUT2D eigenvalue weighted by Gasteiger charge is -2.36. The SMILES string of the molecule is CCN(CC(C)(CC)CO)C1CCCC1. The highest BCUT2D eigenvalue weighted by molar-refractivity contribution is 4.82. The summed E-state index contributed by atoms with van der Waals surface area (Å²) >= 11 is 0. The molecule has 90 valence electrons. The van der Waals surface area contributed by atoms with Crippen molar-refractivity contribution in [3.8, 4) is 0 Å². The Morgan fingerprint density at radius 1 is 1.27 bits per heavy atom. The van der Waals surface area contributed by atoms with Crippen LogP contribution in [0.2, 0.25) is 0 Å². The summed E-state index contributed by atoms with van der Waals surface area (Å²) in [6.45, 7) is 9.11. The minimum absolute atomic E-state index is 0.0958. The molecule has 1 N–H and O–H groups in total. The van der Waals surface area contributed by atoms with Crippen molar-refractivity contribution in [2.75, 3.05) is 19.7 Å². The van der Waals surface area contributed by atoms with E-state index in [1.807, 2.05) is 0 Å². The highest BCUT2D eigenvalue weighted by Crippen LogP contribution is 2.28. The number of aliphatic hydroxyl groups is 1. The summed E-state index contributed by atoms with van der Waals surface area (Å²) in [5.41, 5.74) is 0.0958. The van der Waals surface area contributed by atoms with E-state index in [1.54, 1.807) is 0 Å². The van der Waals surface area contributed by atoms with Crippen LogP contribution in [0.3, 0.4) is 0 Å². The molecule has 1 unspecified atom stereocenters. The maximum Gasteiger partial charge on any atom is 0.0496 e. The average molecular weight is 213 g/mol. The van der Waals surface area contributed by atoms with Gasteiger partial charge in [-0.15, -0.1) is 0 Å². The van der Waals surface area contributed by atoms with Crippen molar-refractivity contribution in [3.05, 3.63) is 0 Å². The molecule has 0 bridgehead atoms. The third kappa shape index (κ3) is 3.46. The lowest BCUT2D eigenvalue weighted by atomic mass is 9.87. The Hall–Kier alpha value is -0.0800. The van der Waals surface area contributed by atoms with Gasteiger partial charge in [0.1, 0.15) is 0 Å². The summed E-state index contributed by atoms with van der Waals surface area (Å²) in [7, 11) is 0. The van der Waals surface area contributed by atoms with Crippen LogP contribution in [0.15, 0.2) is 0 Å². The van der Waals surface area contributed by atoms with Gasteiger partial charge in [-0.3, -0.25) is 0 Å². The van der Waals surface area contributed by atoms with Crippen molar-refractivity contribution in [1.29, 1.82) is 0 Å². The van der Waals surface area contributed by atoms with Gasteiger partial charge in [-0.05, 0) is 25.8 Å². The molecule has 1 atom stereocenters. The van der Waals surface area contributed by atoms with Gasteiger partial charge in [-0.2, -0.15) is 0 Å². The van der Waals surface area contributed by atoms with Crippen LogP contribution in [-0.4, -0.2) is 35.7 Å². The number of hydrogen-bond acceptors (Lipinski definition) is 2. The van der Waals surface area contributed by atoms with E-state index in [2.05, 4.69) is 25.7 Å². The van der Waals surface area contributed by atoms with E-state index >= 15 is 0 Å². The molecule has 15 heavy (non-hydrogen) atoms. The predicted molar refractivity (Wildman–Crippen MR) is 65.0 cm³/mol. The zero-order valence-corrected chi connectivity index (χ0v) is 10.6. The normalized spacial score (nSPS) is 22.2. The quantitative estimate of drug-likeness (QED) is 0.733. The molecule has 0 aromatic carbocycles. The second-order valence-corrected chi connectivity index (χ2v) is 5.32. The maximum atomic E-state index is 9.45. The molecule has 0 amide bonds. The first-order valence-corrected chi connectivity index (χ1v) is 6.50. The molecule has 1 rings (SSSR count). The van der Waals surface area contributed by atoms with Crippen LogP contribution in [0.1, 0.15) is 52.9 Å². The first kappa shape index (κ1) is 13.0. The zero-order chi connectivity index (χ0) is 11.3. The smallest absolute Gasteiger partial charge is 0.0496 e. The van der Waals surface area contributed by atoms with Gasteiger partial charge in [-0.25, -0.2) is 0 Å². The van der Waals surface area contributed by atoms with Gasteiger partial charge in [0.2, 0.25) is 0 Å². The summed E-state index contributed by atoms with van der Waals surface area (Å²) in [5.74, 6) is 0. The summed E-state index contributed by atoms with van der Waals surface area (Å²) in [6, 6.07) is 0.785. The van der Waals surface area contributed by atoms with Crippen molar-refractivity contribution in [1.82, 2.24) is 4.90 Å². The van der Waals surface area contributed by atoms with Gasteiger partial charge in [0.15, 0.2) is 0 Å². The lowest BCUT2D eigenvalue weighted by Crippen LogP contribution is -2.42. The molecule has 1 aliphatic rings. The van der Waals surface area contributed by atoms with E-state index in [0.29, 0.717) is 6.61 Å². The van der Waals surface area contributed by atoms with Crippen molar-refractivity contribution in [2.24, 2.45) is 5.41 Å². The van der Waals surface area contributed by atoms with E-state index in [0.717, 1.165) is 25.6 Å². The first-order valence-electron chi connectivity index (χ1n) is 6.50. The number of nitrogens with zero attached hydrogens (tertiary/aromatic N) is 1. The second-order valence-electron chi connectivity index (χ2n) is 5.32. The lowest BCUT2D eigenvalue weighted by molar-refractivity contribution is 0.0670. The maximum absolute atomic E-state index is 9.45. The summed E-state index contributed by atoms with van der Waals surface area (Å²) in [4.78, 5) is 2.58. The van der Waals surface area contributed by atoms with Gasteiger partial charge in [0.05, 0.1) is 0 Å². The molecule has 0 aromatic heterocycles. The zero-order valence-electron chi connectivity index (χ0n) is 10.6. The third-order valence-corrected chi connectivity index (χ3v) is 4.07. The fraction of sp³-hybridized carbons (Fsp3) is 1.00. The number of aliphatic hydroxyl groups excluding tert-OH is 1. The Morgan fingerprint density at radius 2 is 1.87 bits per heavy atom. The van der Waals surface area contributed by atoms with E-state index in [-0.39, 0.29) is 5.41 Å². The monoisotopic (exact) mass is 213 g/mol. The molecule has 1 aliphatic carbocycles. The fourth-order valence-corrected chi connectivity index (χ4v) is 2.53. The molecule has 0 heterocycles. The second kappa shape index (κ2) is 5.86. The first-order chi connectivity index (χ1) is 7.15. The van der Waals surface area contributed by atoms with Gasteiger partial charge >= 0.3 is 0 Å². The van der Waals surface area contributed by atoms with E-state index in [1.165, 1.54) is 25.7 Å². The fourth-order valence-electron chi connectivity index (χ4n) is 2.53. The van der Waals surface area contributed by atoms with Crippen LogP contribution in [0.25, 0.3) is 0 Å². The van der Waals surface area contributed by atoms with Crippen LogP contribution < -0.4 is 0 Å². The number of hydrogen-bond donors (Lipinski definition) is 1. The summed E-state index contributed by atoms with van der Waals surface area (Å²) in [5, 5.41) is 9.45. The van der Waals surface area contributed by atoms with Crippen LogP contribution in [-0.2, 0) is 0 Å². The van der Waals surface area contributed by atoms with Crippen molar-refractivity contribution in [2.45, 2.75) is 58.9 Å². The average Bonchev–Trinajstić information content (AvgIpc) is 2.79. The standard InChI is InChI=1S/C13H27NO/c1-4-13(3,11-15)10-14(5-2)12-8-6-7-9-12/h12,15H,4-11H2,1-3H3. The van der Waals surface area contributed by atoms with E-state index in [4.69, 9.17) is 0 Å². The Morgan fingerprint density at radius 3 is 2.27 bits per heavy atom. The van der Waals surface area contributed by atoms with Crippen molar-refractivity contribution in [3.63, 3.8) is 0 Å². The highest BCUT2D eigenvalue weighted by Gasteiger charge is 2.28. The van der Waals surface area contributed by atoms with Gasteiger partial charge in [-0.1, -0.05) is 33.6 Å². The predicted octanol–water partition coefficient (Wildman–Crippen LogP) is 2.66. The topological polar surface area (TPSA) is 23.5 Å². The molecule has 2 nitrogen and oxygen atoms in total. The molecule has 0 aliphatic heterocycles. The van der Waals surface area contributed by atoms with Crippen LogP contribution in [0, 0.1) is 5.41 Å². The van der Waals surface area contributed by atoms with Crippen molar-refractivity contribution >= 4 is 0 Å². The molecule has 1 fully saturated rings. The van der Waals surface area contributed by atoms with Crippen LogP contribution >= 0.6 is 0 Å². The van der Waals surface area contributed by atoms with Crippen LogP contribution in [0.4, 0.5) is 0 Å². The Balaban J connectivity index is 2.51. The molecular weight excluding hydrogens is 186 g/mol. The van der Waals surface area contributed by atoms with Crippen molar-refractivity contribution < 1.29 is 5.11 Å². The minimum Gasteiger partial charge on any atom is -0.396 e.